The molecule has 24 heavy (non-hydrogen) atoms. The van der Waals surface area contributed by atoms with Crippen LogP contribution in [0.3, 0.4) is 0 Å². The third-order valence-corrected chi connectivity index (χ3v) is 4.04. The Labute approximate surface area is 148 Å². The van der Waals surface area contributed by atoms with Crippen molar-refractivity contribution in [1.29, 1.82) is 0 Å². The lowest BCUT2D eigenvalue weighted by atomic mass is 10.0. The van der Waals surface area contributed by atoms with Crippen LogP contribution in [0.5, 0.6) is 11.6 Å². The molecule has 0 unspecified atom stereocenters. The largest absolute Gasteiger partial charge is 0.437 e. The molecule has 0 fully saturated rings. The smallest absolute Gasteiger partial charge is 0.219 e. The van der Waals surface area contributed by atoms with Crippen LogP contribution >= 0.6 is 11.6 Å². The highest BCUT2D eigenvalue weighted by Gasteiger charge is 2.07. The maximum Gasteiger partial charge on any atom is 0.219 e. The van der Waals surface area contributed by atoms with Gasteiger partial charge in [0.1, 0.15) is 11.5 Å². The van der Waals surface area contributed by atoms with E-state index in [1.165, 1.54) is 0 Å². The van der Waals surface area contributed by atoms with E-state index >= 15 is 0 Å². The minimum atomic E-state index is 0.194. The minimum absolute atomic E-state index is 0.194. The number of allylic oxidation sites excluding steroid dienone is 1. The van der Waals surface area contributed by atoms with Gasteiger partial charge in [-0.1, -0.05) is 30.7 Å². The molecule has 0 aliphatic rings. The van der Waals surface area contributed by atoms with E-state index in [4.69, 9.17) is 16.3 Å². The van der Waals surface area contributed by atoms with Gasteiger partial charge in [0.2, 0.25) is 5.88 Å². The fraction of sp³-hybridized carbons (Fsp3) is 0.300. The minimum Gasteiger partial charge on any atom is -0.437 e. The van der Waals surface area contributed by atoms with Gasteiger partial charge < -0.3 is 9.53 Å². The zero-order valence-corrected chi connectivity index (χ0v) is 15.2. The quantitative estimate of drug-likeness (QED) is 0.668. The molecule has 3 nitrogen and oxygen atoms in total. The van der Waals surface area contributed by atoms with E-state index in [0.29, 0.717) is 23.1 Å². The van der Waals surface area contributed by atoms with Crippen LogP contribution < -0.4 is 4.74 Å². The van der Waals surface area contributed by atoms with Crippen LogP contribution in [0, 0.1) is 19.8 Å². The topological polar surface area (TPSA) is 39.2 Å². The normalized spacial score (nSPS) is 12.4. The van der Waals surface area contributed by atoms with Crippen molar-refractivity contribution in [2.24, 2.45) is 5.92 Å². The SMILES string of the molecule is CC(=O)C[C@@H](C)/C=C/c1ccc(Oc2cc(C)c(C)cc2Cl)nc1. The van der Waals surface area contributed by atoms with Crippen molar-refractivity contribution in [2.45, 2.75) is 34.1 Å². The summed E-state index contributed by atoms with van der Waals surface area (Å²) in [6.07, 6.45) is 6.27. The number of aryl methyl sites for hydroxylation is 2. The molecule has 0 aliphatic heterocycles. The Kier molecular flexibility index (Phi) is 6.16. The Hall–Kier alpha value is -2.13. The monoisotopic (exact) mass is 343 g/mol. The number of ether oxygens (including phenoxy) is 1. The molecule has 0 spiro atoms. The van der Waals surface area contributed by atoms with Gasteiger partial charge in [0, 0.05) is 18.7 Å². The second-order valence-electron chi connectivity index (χ2n) is 6.14. The second-order valence-corrected chi connectivity index (χ2v) is 6.55. The molecule has 2 aromatic rings. The van der Waals surface area contributed by atoms with E-state index < -0.39 is 0 Å². The van der Waals surface area contributed by atoms with Crippen LogP contribution in [0.4, 0.5) is 0 Å². The molecule has 0 saturated heterocycles. The number of rotatable bonds is 6. The van der Waals surface area contributed by atoms with Crippen LogP contribution in [0.25, 0.3) is 6.08 Å². The molecule has 2 rings (SSSR count). The van der Waals surface area contributed by atoms with Crippen molar-refractivity contribution in [3.05, 3.63) is 58.3 Å². The fourth-order valence-electron chi connectivity index (χ4n) is 2.29. The third kappa shape index (κ3) is 5.20. The number of aromatic nitrogens is 1. The van der Waals surface area contributed by atoms with Crippen LogP contribution in [-0.2, 0) is 4.79 Å². The maximum absolute atomic E-state index is 11.1. The average molecular weight is 344 g/mol. The van der Waals surface area contributed by atoms with Gasteiger partial charge >= 0.3 is 0 Å². The van der Waals surface area contributed by atoms with Crippen molar-refractivity contribution in [1.82, 2.24) is 4.98 Å². The molecule has 126 valence electrons. The van der Waals surface area contributed by atoms with Crippen molar-refractivity contribution >= 4 is 23.5 Å². The number of hydrogen-bond donors (Lipinski definition) is 0. The average Bonchev–Trinajstić information content (AvgIpc) is 2.51. The maximum atomic E-state index is 11.1. The van der Waals surface area contributed by atoms with Gasteiger partial charge in [-0.2, -0.15) is 0 Å². The lowest BCUT2D eigenvalue weighted by Crippen LogP contribution is -1.97. The summed E-state index contributed by atoms with van der Waals surface area (Å²) in [5, 5.41) is 0.571. The molecule has 0 aliphatic carbocycles. The van der Waals surface area contributed by atoms with E-state index in [-0.39, 0.29) is 11.7 Å². The predicted octanol–water partition coefficient (Wildman–Crippen LogP) is 5.77. The number of carbonyl (C=O) groups is 1. The predicted molar refractivity (Wildman–Crippen MR) is 98.7 cm³/mol. The summed E-state index contributed by atoms with van der Waals surface area (Å²) in [5.41, 5.74) is 3.21. The summed E-state index contributed by atoms with van der Waals surface area (Å²) in [4.78, 5) is 15.4. The summed E-state index contributed by atoms with van der Waals surface area (Å²) in [5.74, 6) is 1.51. The van der Waals surface area contributed by atoms with Gasteiger partial charge in [-0.05, 0) is 61.6 Å². The van der Waals surface area contributed by atoms with E-state index in [9.17, 15) is 4.79 Å². The van der Waals surface area contributed by atoms with Crippen molar-refractivity contribution < 1.29 is 9.53 Å². The van der Waals surface area contributed by atoms with Crippen molar-refractivity contribution in [3.8, 4) is 11.6 Å². The summed E-state index contributed by atoms with van der Waals surface area (Å²) in [7, 11) is 0. The summed E-state index contributed by atoms with van der Waals surface area (Å²) >= 11 is 6.22. The van der Waals surface area contributed by atoms with E-state index in [1.54, 1.807) is 19.2 Å². The molecule has 1 aromatic heterocycles. The van der Waals surface area contributed by atoms with Gasteiger partial charge in [-0.25, -0.2) is 4.98 Å². The second kappa shape index (κ2) is 8.11. The molecule has 0 saturated carbocycles. The van der Waals surface area contributed by atoms with Crippen molar-refractivity contribution in [2.75, 3.05) is 0 Å². The van der Waals surface area contributed by atoms with E-state index in [1.807, 2.05) is 51.1 Å². The van der Waals surface area contributed by atoms with Gasteiger partial charge in [-0.15, -0.1) is 0 Å². The Morgan fingerprint density at radius 1 is 1.29 bits per heavy atom. The zero-order valence-electron chi connectivity index (χ0n) is 14.5. The van der Waals surface area contributed by atoms with Crippen LogP contribution in [0.15, 0.2) is 36.5 Å². The van der Waals surface area contributed by atoms with Crippen LogP contribution in [0.1, 0.15) is 37.0 Å². The van der Waals surface area contributed by atoms with E-state index in [2.05, 4.69) is 4.98 Å². The molecular weight excluding hydrogens is 322 g/mol. The number of Topliss-reactive ketones (excluding diaryl/α,β-unsaturated/α-hetero) is 1. The molecule has 0 radical (unpaired) electrons. The van der Waals surface area contributed by atoms with Gasteiger partial charge in [-0.3, -0.25) is 0 Å². The number of halogens is 1. The lowest BCUT2D eigenvalue weighted by Gasteiger charge is -2.09. The summed E-state index contributed by atoms with van der Waals surface area (Å²) in [6, 6.07) is 7.53. The Bertz CT molecular complexity index is 751. The number of hydrogen-bond acceptors (Lipinski definition) is 3. The molecule has 0 N–H and O–H groups in total. The first-order chi connectivity index (χ1) is 11.3. The molecular formula is C20H22ClNO2. The molecule has 1 aromatic carbocycles. The fourth-order valence-corrected chi connectivity index (χ4v) is 2.55. The Morgan fingerprint density at radius 3 is 2.62 bits per heavy atom. The van der Waals surface area contributed by atoms with Crippen molar-refractivity contribution in [3.63, 3.8) is 0 Å². The first-order valence-electron chi connectivity index (χ1n) is 7.93. The highest BCUT2D eigenvalue weighted by molar-refractivity contribution is 6.32. The van der Waals surface area contributed by atoms with Gasteiger partial charge in [0.15, 0.2) is 0 Å². The molecule has 1 atom stereocenters. The highest BCUT2D eigenvalue weighted by atomic mass is 35.5. The molecule has 0 bridgehead atoms. The van der Waals surface area contributed by atoms with E-state index in [0.717, 1.165) is 16.7 Å². The number of carbonyl (C=O) groups excluding carboxylic acids is 1. The Morgan fingerprint density at radius 2 is 2.00 bits per heavy atom. The van der Waals surface area contributed by atoms with Crippen LogP contribution in [0.2, 0.25) is 5.02 Å². The Balaban J connectivity index is 2.06. The number of nitrogens with zero attached hydrogens (tertiary/aromatic N) is 1. The highest BCUT2D eigenvalue weighted by Crippen LogP contribution is 2.31. The zero-order chi connectivity index (χ0) is 17.7. The summed E-state index contributed by atoms with van der Waals surface area (Å²) in [6.45, 7) is 7.65. The lowest BCUT2D eigenvalue weighted by molar-refractivity contribution is -0.117. The first kappa shape index (κ1) is 18.2. The molecule has 1 heterocycles. The molecule has 4 heteroatoms. The van der Waals surface area contributed by atoms with Gasteiger partial charge in [0.25, 0.3) is 0 Å². The number of pyridine rings is 1. The van der Waals surface area contributed by atoms with Crippen LogP contribution in [-0.4, -0.2) is 10.8 Å². The molecule has 0 amide bonds. The number of benzene rings is 1. The summed E-state index contributed by atoms with van der Waals surface area (Å²) < 4.78 is 5.77. The van der Waals surface area contributed by atoms with Gasteiger partial charge in [0.05, 0.1) is 5.02 Å². The standard InChI is InChI=1S/C20H22ClNO2/c1-13(9-16(4)23)5-6-17-7-8-20(22-12-17)24-19-11-15(3)14(2)10-18(19)21/h5-8,10-13H,9H2,1-4H3/b6-5+/t13-/m0/s1. The third-order valence-electron chi connectivity index (χ3n) is 3.75. The number of ketones is 1. The first-order valence-corrected chi connectivity index (χ1v) is 8.31.